The van der Waals surface area contributed by atoms with Crippen LogP contribution in [0.1, 0.15) is 43.4 Å². The number of nitrogens with zero attached hydrogens (tertiary/aromatic N) is 6. The lowest BCUT2D eigenvalue weighted by molar-refractivity contribution is 0.292. The third-order valence-electron chi connectivity index (χ3n) is 9.42. The lowest BCUT2D eigenvalue weighted by atomic mass is 9.96. The highest BCUT2D eigenvalue weighted by atomic mass is 79.9. The van der Waals surface area contributed by atoms with Crippen LogP contribution in [0.5, 0.6) is 11.8 Å². The summed E-state index contributed by atoms with van der Waals surface area (Å²) in [5, 5.41) is 10.5. The van der Waals surface area contributed by atoms with Crippen LogP contribution in [0, 0.1) is 23.0 Å². The van der Waals surface area contributed by atoms with Gasteiger partial charge in [-0.05, 0) is 66.4 Å². The molecule has 4 N–H and O–H groups in total. The standard InChI is InChI=1S/C27H20BrF2N7O2S.C7H12FN/c1-11(12-4-3-7-34-24(12)32)37-8-9-39-22-18-21(35-27(38-2)36-26(18)37)20(30)17(19(22)28)13-5-6-15(29)23-16(13)14(10-31)25(33)40-23;8-6-4-7-2-1-3-9(7)5-6/h3-7,11H,8-9,33H2,1-2H3,(H2,32,34);6-7H,1-5H2. The highest BCUT2D eigenvalue weighted by Gasteiger charge is 2.35. The fraction of sp³-hybridized carbons (Fsp3) is 0.353. The molecule has 0 aliphatic carbocycles. The molecule has 3 aromatic heterocycles. The van der Waals surface area contributed by atoms with E-state index in [0.717, 1.165) is 29.9 Å². The molecular formula is C34H32BrF3N8O2S. The number of benzene rings is 2. The summed E-state index contributed by atoms with van der Waals surface area (Å²) in [6, 6.07) is 8.57. The summed E-state index contributed by atoms with van der Waals surface area (Å²) in [6.07, 6.45) is 4.42. The number of nitrogens with two attached hydrogens (primary N) is 2. The number of alkyl halides is 1. The highest BCUT2D eigenvalue weighted by Crippen LogP contribution is 2.51. The van der Waals surface area contributed by atoms with Gasteiger partial charge in [0, 0.05) is 35.3 Å². The minimum atomic E-state index is -0.729. The van der Waals surface area contributed by atoms with Crippen LogP contribution in [-0.2, 0) is 0 Å². The molecule has 49 heavy (non-hydrogen) atoms. The minimum absolute atomic E-state index is 0.0477. The number of nitrogen functional groups attached to an aromatic ring is 2. The van der Waals surface area contributed by atoms with Gasteiger partial charge in [-0.3, -0.25) is 4.90 Å². The Morgan fingerprint density at radius 3 is 2.73 bits per heavy atom. The zero-order valence-electron chi connectivity index (χ0n) is 26.6. The summed E-state index contributed by atoms with van der Waals surface area (Å²) in [5.41, 5.74) is 13.3. The second kappa shape index (κ2) is 13.1. The Morgan fingerprint density at radius 2 is 2.00 bits per heavy atom. The van der Waals surface area contributed by atoms with E-state index in [2.05, 4.69) is 35.8 Å². The minimum Gasteiger partial charge on any atom is -0.490 e. The molecule has 2 aromatic carbocycles. The number of fused-ring (bicyclic) bond motifs is 2. The zero-order valence-corrected chi connectivity index (χ0v) is 29.0. The molecule has 2 saturated heterocycles. The Hall–Kier alpha value is -4.39. The molecule has 3 aliphatic heterocycles. The number of methoxy groups -OCH3 is 1. The van der Waals surface area contributed by atoms with E-state index in [1.807, 2.05) is 24.0 Å². The zero-order chi connectivity index (χ0) is 34.6. The van der Waals surface area contributed by atoms with Crippen LogP contribution in [0.2, 0.25) is 0 Å². The van der Waals surface area contributed by atoms with Crippen LogP contribution in [-0.4, -0.2) is 65.4 Å². The maximum Gasteiger partial charge on any atom is 0.318 e. The molecule has 5 aromatic rings. The van der Waals surface area contributed by atoms with Crippen LogP contribution in [0.4, 0.5) is 29.8 Å². The summed E-state index contributed by atoms with van der Waals surface area (Å²) in [6.45, 7) is 4.40. The van der Waals surface area contributed by atoms with Gasteiger partial charge in [-0.1, -0.05) is 12.1 Å². The largest absolute Gasteiger partial charge is 0.490 e. The predicted molar refractivity (Wildman–Crippen MR) is 188 cm³/mol. The van der Waals surface area contributed by atoms with E-state index in [1.54, 1.807) is 12.3 Å². The summed E-state index contributed by atoms with van der Waals surface area (Å²) in [5.74, 6) is -0.235. The van der Waals surface area contributed by atoms with E-state index >= 15 is 4.39 Å². The molecule has 3 atom stereocenters. The maximum absolute atomic E-state index is 16.7. The number of nitriles is 1. The third kappa shape index (κ3) is 5.65. The van der Waals surface area contributed by atoms with Gasteiger partial charge in [-0.25, -0.2) is 18.2 Å². The fourth-order valence-corrected chi connectivity index (χ4v) is 8.77. The Kier molecular flexibility index (Phi) is 8.89. The van der Waals surface area contributed by atoms with Crippen molar-refractivity contribution in [3.8, 4) is 29.0 Å². The molecule has 15 heteroatoms. The van der Waals surface area contributed by atoms with Gasteiger partial charge in [0.25, 0.3) is 0 Å². The van der Waals surface area contributed by atoms with E-state index < -0.39 is 17.8 Å². The van der Waals surface area contributed by atoms with Crippen molar-refractivity contribution in [2.24, 2.45) is 0 Å². The fourth-order valence-electron chi connectivity index (χ4n) is 7.12. The van der Waals surface area contributed by atoms with Crippen molar-refractivity contribution >= 4 is 64.9 Å². The Balaban J connectivity index is 0.000000361. The topological polar surface area (TPSA) is 139 Å². The Morgan fingerprint density at radius 1 is 1.18 bits per heavy atom. The predicted octanol–water partition coefficient (Wildman–Crippen LogP) is 7.14. The number of pyridine rings is 1. The van der Waals surface area contributed by atoms with E-state index in [9.17, 15) is 14.0 Å². The molecule has 0 bridgehead atoms. The molecule has 0 saturated carbocycles. The third-order valence-corrected chi connectivity index (χ3v) is 11.2. The summed E-state index contributed by atoms with van der Waals surface area (Å²) >= 11 is 4.49. The van der Waals surface area contributed by atoms with Crippen LogP contribution in [0.15, 0.2) is 34.9 Å². The lowest BCUT2D eigenvalue weighted by Gasteiger charge is -2.30. The molecule has 254 valence electrons. The van der Waals surface area contributed by atoms with E-state index in [1.165, 1.54) is 32.1 Å². The van der Waals surface area contributed by atoms with Crippen molar-refractivity contribution in [2.45, 2.75) is 44.4 Å². The van der Waals surface area contributed by atoms with Crippen LogP contribution in [0.25, 0.3) is 32.1 Å². The molecule has 3 aliphatic rings. The van der Waals surface area contributed by atoms with Crippen LogP contribution < -0.4 is 25.8 Å². The van der Waals surface area contributed by atoms with Crippen LogP contribution >= 0.6 is 27.3 Å². The van der Waals surface area contributed by atoms with Gasteiger partial charge in [0.15, 0.2) is 5.82 Å². The monoisotopic (exact) mass is 752 g/mol. The average molecular weight is 754 g/mol. The van der Waals surface area contributed by atoms with Gasteiger partial charge in [-0.15, -0.1) is 11.3 Å². The van der Waals surface area contributed by atoms with Crippen LogP contribution in [0.3, 0.4) is 0 Å². The van der Waals surface area contributed by atoms with Gasteiger partial charge >= 0.3 is 6.01 Å². The number of halogens is 4. The second-order valence-electron chi connectivity index (χ2n) is 12.2. The number of ether oxygens (including phenoxy) is 2. The first-order chi connectivity index (χ1) is 23.6. The number of anilines is 3. The van der Waals surface area contributed by atoms with E-state index in [0.29, 0.717) is 41.9 Å². The number of thiophene rings is 1. The first-order valence-corrected chi connectivity index (χ1v) is 17.4. The molecule has 0 amide bonds. The van der Waals surface area contributed by atoms with E-state index in [4.69, 9.17) is 20.9 Å². The van der Waals surface area contributed by atoms with Crippen molar-refractivity contribution in [3.05, 3.63) is 57.7 Å². The van der Waals surface area contributed by atoms with Crippen molar-refractivity contribution in [1.82, 2.24) is 19.9 Å². The van der Waals surface area contributed by atoms with Gasteiger partial charge < -0.3 is 25.8 Å². The number of aromatic nitrogens is 3. The first-order valence-electron chi connectivity index (χ1n) is 15.8. The average Bonchev–Trinajstić information content (AvgIpc) is 3.73. The summed E-state index contributed by atoms with van der Waals surface area (Å²) in [4.78, 5) is 17.4. The van der Waals surface area contributed by atoms with Gasteiger partial charge in [-0.2, -0.15) is 15.2 Å². The van der Waals surface area contributed by atoms with Crippen molar-refractivity contribution in [2.75, 3.05) is 49.7 Å². The maximum atomic E-state index is 16.7. The van der Waals surface area contributed by atoms with Crippen molar-refractivity contribution in [1.29, 1.82) is 5.26 Å². The highest BCUT2D eigenvalue weighted by molar-refractivity contribution is 9.10. The number of hydrogen-bond donors (Lipinski definition) is 2. The molecular weight excluding hydrogens is 721 g/mol. The smallest absolute Gasteiger partial charge is 0.318 e. The lowest BCUT2D eigenvalue weighted by Crippen LogP contribution is -2.31. The van der Waals surface area contributed by atoms with Crippen molar-refractivity contribution in [3.63, 3.8) is 0 Å². The Labute approximate surface area is 292 Å². The van der Waals surface area contributed by atoms with Crippen molar-refractivity contribution < 1.29 is 22.6 Å². The molecule has 3 unspecified atom stereocenters. The quantitative estimate of drug-likeness (QED) is 0.195. The molecule has 6 heterocycles. The molecule has 8 rings (SSSR count). The molecule has 0 spiro atoms. The van der Waals surface area contributed by atoms with Gasteiger partial charge in [0.2, 0.25) is 0 Å². The molecule has 10 nitrogen and oxygen atoms in total. The Bertz CT molecular complexity index is 2130. The second-order valence-corrected chi connectivity index (χ2v) is 14.0. The SMILES string of the molecule is COc1nc2c3c(c(Br)c(-c4ccc(F)c5sc(N)c(C#N)c45)c(F)c3n1)OCCN2C(C)c1cccnc1N.FC1CC2CCCN2C1. The normalized spacial score (nSPS) is 19.2. The van der Waals surface area contributed by atoms with Gasteiger partial charge in [0.1, 0.15) is 52.6 Å². The number of rotatable bonds is 4. The summed E-state index contributed by atoms with van der Waals surface area (Å²) < 4.78 is 56.1. The first kappa shape index (κ1) is 33.1. The number of hydrogen-bond acceptors (Lipinski definition) is 11. The molecule has 2 fully saturated rings. The van der Waals surface area contributed by atoms with E-state index in [-0.39, 0.29) is 60.4 Å². The summed E-state index contributed by atoms with van der Waals surface area (Å²) in [7, 11) is 1.39. The van der Waals surface area contributed by atoms with Gasteiger partial charge in [0.05, 0.1) is 39.8 Å². The molecule has 0 radical (unpaired) electrons.